The normalized spacial score (nSPS) is 15.7. The summed E-state index contributed by atoms with van der Waals surface area (Å²) in [6.07, 6.45) is 6.41. The molecule has 0 bridgehead atoms. The van der Waals surface area contributed by atoms with Crippen molar-refractivity contribution in [1.29, 1.82) is 0 Å². The monoisotopic (exact) mass is 258 g/mol. The van der Waals surface area contributed by atoms with Crippen molar-refractivity contribution in [3.8, 4) is 0 Å². The summed E-state index contributed by atoms with van der Waals surface area (Å²) in [4.78, 5) is 0. The number of ether oxygens (including phenoxy) is 2. The van der Waals surface area contributed by atoms with Crippen LogP contribution in [0.3, 0.4) is 0 Å². The van der Waals surface area contributed by atoms with Gasteiger partial charge in [-0.2, -0.15) is 0 Å². The van der Waals surface area contributed by atoms with E-state index in [0.29, 0.717) is 17.3 Å². The highest BCUT2D eigenvalue weighted by molar-refractivity contribution is 4.76. The Labute approximate surface area is 114 Å². The SMILES string of the molecule is CCCCCC(COC)C(COC)CC(C)(C)C. The summed E-state index contributed by atoms with van der Waals surface area (Å²) >= 11 is 0. The first kappa shape index (κ1) is 17.9. The van der Waals surface area contributed by atoms with Crippen molar-refractivity contribution in [2.75, 3.05) is 27.4 Å². The van der Waals surface area contributed by atoms with Crippen LogP contribution < -0.4 is 0 Å². The molecule has 2 heteroatoms. The molecule has 0 aliphatic heterocycles. The van der Waals surface area contributed by atoms with E-state index in [2.05, 4.69) is 27.7 Å². The lowest BCUT2D eigenvalue weighted by atomic mass is 9.77. The van der Waals surface area contributed by atoms with Crippen molar-refractivity contribution in [2.45, 2.75) is 59.8 Å². The second kappa shape index (κ2) is 9.80. The van der Waals surface area contributed by atoms with Crippen LogP contribution in [0.2, 0.25) is 0 Å². The van der Waals surface area contributed by atoms with Crippen molar-refractivity contribution in [3.05, 3.63) is 0 Å². The maximum atomic E-state index is 5.43. The van der Waals surface area contributed by atoms with Crippen LogP contribution in [0.5, 0.6) is 0 Å². The average molecular weight is 258 g/mol. The maximum absolute atomic E-state index is 5.43. The first-order valence-corrected chi connectivity index (χ1v) is 7.42. The van der Waals surface area contributed by atoms with Crippen LogP contribution >= 0.6 is 0 Å². The van der Waals surface area contributed by atoms with E-state index in [9.17, 15) is 0 Å². The van der Waals surface area contributed by atoms with Crippen LogP contribution in [-0.2, 0) is 9.47 Å². The van der Waals surface area contributed by atoms with E-state index < -0.39 is 0 Å². The molecule has 18 heavy (non-hydrogen) atoms. The zero-order chi connectivity index (χ0) is 14.0. The van der Waals surface area contributed by atoms with Gasteiger partial charge in [-0.25, -0.2) is 0 Å². The molecule has 0 radical (unpaired) electrons. The van der Waals surface area contributed by atoms with Crippen molar-refractivity contribution >= 4 is 0 Å². The Balaban J connectivity index is 4.43. The molecule has 0 aromatic rings. The van der Waals surface area contributed by atoms with Gasteiger partial charge in [-0.05, 0) is 30.1 Å². The van der Waals surface area contributed by atoms with E-state index in [1.807, 2.05) is 14.2 Å². The fourth-order valence-corrected chi connectivity index (χ4v) is 2.69. The molecule has 0 heterocycles. The summed E-state index contributed by atoms with van der Waals surface area (Å²) in [6.45, 7) is 10.9. The second-order valence-electron chi connectivity index (χ2n) is 6.69. The molecule has 0 aliphatic rings. The summed E-state index contributed by atoms with van der Waals surface area (Å²) in [5, 5.41) is 0. The van der Waals surface area contributed by atoms with E-state index in [-0.39, 0.29) is 0 Å². The minimum Gasteiger partial charge on any atom is -0.384 e. The van der Waals surface area contributed by atoms with Gasteiger partial charge in [0.25, 0.3) is 0 Å². The molecular formula is C16H34O2. The number of unbranched alkanes of at least 4 members (excludes halogenated alkanes) is 2. The molecule has 2 nitrogen and oxygen atoms in total. The molecular weight excluding hydrogens is 224 g/mol. The van der Waals surface area contributed by atoms with Crippen LogP contribution in [0, 0.1) is 17.3 Å². The van der Waals surface area contributed by atoms with Gasteiger partial charge in [0.1, 0.15) is 0 Å². The number of methoxy groups -OCH3 is 2. The third kappa shape index (κ3) is 8.93. The van der Waals surface area contributed by atoms with Gasteiger partial charge in [0.05, 0.1) is 0 Å². The lowest BCUT2D eigenvalue weighted by Crippen LogP contribution is -2.28. The summed E-state index contributed by atoms with van der Waals surface area (Å²) in [5.41, 5.74) is 0.361. The van der Waals surface area contributed by atoms with Gasteiger partial charge in [-0.15, -0.1) is 0 Å². The lowest BCUT2D eigenvalue weighted by Gasteiger charge is -2.31. The van der Waals surface area contributed by atoms with E-state index in [0.717, 1.165) is 13.2 Å². The number of hydrogen-bond donors (Lipinski definition) is 0. The van der Waals surface area contributed by atoms with Crippen molar-refractivity contribution < 1.29 is 9.47 Å². The Morgan fingerprint density at radius 3 is 1.89 bits per heavy atom. The number of rotatable bonds is 10. The summed E-state index contributed by atoms with van der Waals surface area (Å²) in [6, 6.07) is 0. The standard InChI is InChI=1S/C16H34O2/c1-7-8-9-10-14(12-17-5)15(13-18-6)11-16(2,3)4/h14-15H,7-13H2,1-6H3. The predicted octanol–water partition coefficient (Wildman–Crippen LogP) is 4.53. The molecule has 0 aromatic heterocycles. The van der Waals surface area contributed by atoms with Gasteiger partial charge in [0.2, 0.25) is 0 Å². The maximum Gasteiger partial charge on any atom is 0.0494 e. The van der Waals surface area contributed by atoms with E-state index in [1.54, 1.807) is 0 Å². The molecule has 2 atom stereocenters. The van der Waals surface area contributed by atoms with Crippen molar-refractivity contribution in [3.63, 3.8) is 0 Å². The summed E-state index contributed by atoms with van der Waals surface area (Å²) in [5.74, 6) is 1.26. The lowest BCUT2D eigenvalue weighted by molar-refractivity contribution is 0.0449. The quantitative estimate of drug-likeness (QED) is 0.536. The summed E-state index contributed by atoms with van der Waals surface area (Å²) < 4.78 is 10.8. The fraction of sp³-hybridized carbons (Fsp3) is 1.00. The highest BCUT2D eigenvalue weighted by Gasteiger charge is 2.26. The minimum absolute atomic E-state index is 0.361. The molecule has 0 fully saturated rings. The zero-order valence-electron chi connectivity index (χ0n) is 13.4. The summed E-state index contributed by atoms with van der Waals surface area (Å²) in [7, 11) is 3.62. The average Bonchev–Trinajstić information content (AvgIpc) is 2.26. The van der Waals surface area contributed by atoms with E-state index >= 15 is 0 Å². The first-order valence-electron chi connectivity index (χ1n) is 7.42. The molecule has 0 aliphatic carbocycles. The van der Waals surface area contributed by atoms with Crippen molar-refractivity contribution in [1.82, 2.24) is 0 Å². The van der Waals surface area contributed by atoms with Gasteiger partial charge in [-0.3, -0.25) is 0 Å². The third-order valence-electron chi connectivity index (χ3n) is 3.48. The predicted molar refractivity (Wildman–Crippen MR) is 78.9 cm³/mol. The molecule has 0 saturated carbocycles. The van der Waals surface area contributed by atoms with Gasteiger partial charge in [-0.1, -0.05) is 47.0 Å². The Hall–Kier alpha value is -0.0800. The van der Waals surface area contributed by atoms with Crippen LogP contribution in [0.15, 0.2) is 0 Å². The molecule has 2 unspecified atom stereocenters. The van der Waals surface area contributed by atoms with Gasteiger partial charge >= 0.3 is 0 Å². The largest absolute Gasteiger partial charge is 0.384 e. The Morgan fingerprint density at radius 1 is 0.889 bits per heavy atom. The smallest absolute Gasteiger partial charge is 0.0494 e. The highest BCUT2D eigenvalue weighted by Crippen LogP contribution is 2.32. The van der Waals surface area contributed by atoms with E-state index in [1.165, 1.54) is 32.1 Å². The van der Waals surface area contributed by atoms with Gasteiger partial charge in [0.15, 0.2) is 0 Å². The second-order valence-corrected chi connectivity index (χ2v) is 6.69. The van der Waals surface area contributed by atoms with Gasteiger partial charge in [0, 0.05) is 27.4 Å². The van der Waals surface area contributed by atoms with Crippen LogP contribution in [-0.4, -0.2) is 27.4 Å². The molecule has 0 N–H and O–H groups in total. The Morgan fingerprint density at radius 2 is 1.44 bits per heavy atom. The molecule has 110 valence electrons. The third-order valence-corrected chi connectivity index (χ3v) is 3.48. The Bertz CT molecular complexity index is 184. The molecule has 0 saturated heterocycles. The molecule has 0 rings (SSSR count). The minimum atomic E-state index is 0.361. The molecule has 0 amide bonds. The number of hydrogen-bond acceptors (Lipinski definition) is 2. The van der Waals surface area contributed by atoms with Gasteiger partial charge < -0.3 is 9.47 Å². The molecule has 0 spiro atoms. The van der Waals surface area contributed by atoms with Crippen LogP contribution in [0.1, 0.15) is 59.8 Å². The molecule has 0 aromatic carbocycles. The first-order chi connectivity index (χ1) is 8.44. The Kier molecular flexibility index (Phi) is 9.76. The van der Waals surface area contributed by atoms with Crippen LogP contribution in [0.25, 0.3) is 0 Å². The van der Waals surface area contributed by atoms with Crippen molar-refractivity contribution in [2.24, 2.45) is 17.3 Å². The zero-order valence-corrected chi connectivity index (χ0v) is 13.4. The highest BCUT2D eigenvalue weighted by atomic mass is 16.5. The topological polar surface area (TPSA) is 18.5 Å². The van der Waals surface area contributed by atoms with E-state index in [4.69, 9.17) is 9.47 Å². The van der Waals surface area contributed by atoms with Crippen LogP contribution in [0.4, 0.5) is 0 Å². The fourth-order valence-electron chi connectivity index (χ4n) is 2.69.